The normalized spacial score (nSPS) is 22.6. The Morgan fingerprint density at radius 2 is 2.43 bits per heavy atom. The zero-order chi connectivity index (χ0) is 10.4. The lowest BCUT2D eigenvalue weighted by molar-refractivity contribution is -0.120. The Hall–Kier alpha value is -0.220. The second-order valence-corrected chi connectivity index (χ2v) is 4.15. The molecule has 0 bridgehead atoms. The number of amides is 1. The summed E-state index contributed by atoms with van der Waals surface area (Å²) in [4.78, 5) is 13.6. The Kier molecular flexibility index (Phi) is 5.33. The minimum absolute atomic E-state index is 0.128. The molecule has 1 rings (SSSR count). The summed E-state index contributed by atoms with van der Waals surface area (Å²) < 4.78 is 0. The van der Waals surface area contributed by atoms with Crippen molar-refractivity contribution in [2.75, 3.05) is 25.4 Å². The summed E-state index contributed by atoms with van der Waals surface area (Å²) in [5.74, 6) is 0.761. The second-order valence-electron chi connectivity index (χ2n) is 3.70. The Bertz CT molecular complexity index is 187. The maximum absolute atomic E-state index is 11.2. The van der Waals surface area contributed by atoms with Crippen LogP contribution in [0.25, 0.3) is 0 Å². The molecule has 0 aliphatic carbocycles. The van der Waals surface area contributed by atoms with E-state index in [-0.39, 0.29) is 5.91 Å². The fourth-order valence-electron chi connectivity index (χ4n) is 1.96. The Morgan fingerprint density at radius 1 is 1.64 bits per heavy atom. The number of thiol groups is 1. The molecule has 1 atom stereocenters. The predicted molar refractivity (Wildman–Crippen MR) is 61.7 cm³/mol. The molecule has 3 nitrogen and oxygen atoms in total. The van der Waals surface area contributed by atoms with Crippen LogP contribution in [0.1, 0.15) is 26.2 Å². The molecule has 1 heterocycles. The quantitative estimate of drug-likeness (QED) is 0.670. The van der Waals surface area contributed by atoms with Crippen LogP contribution in [0, 0.1) is 0 Å². The average Bonchev–Trinajstić information content (AvgIpc) is 2.62. The van der Waals surface area contributed by atoms with Gasteiger partial charge >= 0.3 is 0 Å². The van der Waals surface area contributed by atoms with Gasteiger partial charge in [-0.1, -0.05) is 6.92 Å². The highest BCUT2D eigenvalue weighted by atomic mass is 32.1. The number of carbonyl (C=O) groups is 1. The van der Waals surface area contributed by atoms with Gasteiger partial charge in [-0.15, -0.1) is 0 Å². The number of hydrogen-bond acceptors (Lipinski definition) is 3. The molecular formula is C10H20N2OS. The van der Waals surface area contributed by atoms with Gasteiger partial charge in [-0.05, 0) is 31.7 Å². The van der Waals surface area contributed by atoms with Gasteiger partial charge in [-0.2, -0.15) is 12.6 Å². The van der Waals surface area contributed by atoms with Crippen LogP contribution in [0.15, 0.2) is 0 Å². The minimum atomic E-state index is 0.128. The van der Waals surface area contributed by atoms with Crippen molar-refractivity contribution in [3.63, 3.8) is 0 Å². The number of hydrogen-bond donors (Lipinski definition) is 2. The van der Waals surface area contributed by atoms with Crippen molar-refractivity contribution in [2.45, 2.75) is 32.2 Å². The van der Waals surface area contributed by atoms with Crippen molar-refractivity contribution in [3.05, 3.63) is 0 Å². The van der Waals surface area contributed by atoms with Gasteiger partial charge in [0.05, 0.1) is 0 Å². The number of nitrogens with one attached hydrogen (secondary N) is 1. The van der Waals surface area contributed by atoms with Crippen LogP contribution < -0.4 is 5.32 Å². The van der Waals surface area contributed by atoms with Crippen molar-refractivity contribution in [3.8, 4) is 0 Å². The fourth-order valence-corrected chi connectivity index (χ4v) is 2.17. The zero-order valence-electron chi connectivity index (χ0n) is 8.83. The molecule has 1 aliphatic heterocycles. The summed E-state index contributed by atoms with van der Waals surface area (Å²) >= 11 is 4.03. The van der Waals surface area contributed by atoms with Crippen LogP contribution in [0.3, 0.4) is 0 Å². The van der Waals surface area contributed by atoms with Crippen LogP contribution in [0.2, 0.25) is 0 Å². The predicted octanol–water partition coefficient (Wildman–Crippen LogP) is 0.907. The standard InChI is InChI=1S/C10H20N2OS/c1-2-12-6-3-4-9(12)8-11-10(13)5-7-14/h9,14H,2-8H2,1H3,(H,11,13). The largest absolute Gasteiger partial charge is 0.355 e. The topological polar surface area (TPSA) is 32.3 Å². The maximum atomic E-state index is 11.2. The first kappa shape index (κ1) is 11.9. The molecule has 1 N–H and O–H groups in total. The van der Waals surface area contributed by atoms with E-state index in [0.29, 0.717) is 18.2 Å². The van der Waals surface area contributed by atoms with Gasteiger partial charge < -0.3 is 5.32 Å². The first-order valence-electron chi connectivity index (χ1n) is 5.39. The molecule has 1 amide bonds. The molecule has 0 spiro atoms. The molecule has 0 saturated carbocycles. The Morgan fingerprint density at radius 3 is 3.07 bits per heavy atom. The van der Waals surface area contributed by atoms with Crippen LogP contribution >= 0.6 is 12.6 Å². The third kappa shape index (κ3) is 3.50. The van der Waals surface area contributed by atoms with Gasteiger partial charge in [0, 0.05) is 19.0 Å². The molecule has 0 aromatic heterocycles. The molecule has 1 aliphatic rings. The van der Waals surface area contributed by atoms with E-state index < -0.39 is 0 Å². The molecule has 0 aromatic carbocycles. The highest BCUT2D eigenvalue weighted by Crippen LogP contribution is 2.15. The summed E-state index contributed by atoms with van der Waals surface area (Å²) in [6.07, 6.45) is 3.01. The van der Waals surface area contributed by atoms with E-state index in [1.807, 2.05) is 0 Å². The fraction of sp³-hybridized carbons (Fsp3) is 0.900. The van der Waals surface area contributed by atoms with Crippen LogP contribution in [0.4, 0.5) is 0 Å². The summed E-state index contributed by atoms with van der Waals surface area (Å²) in [6.45, 7) is 5.25. The van der Waals surface area contributed by atoms with Crippen molar-refractivity contribution in [1.82, 2.24) is 10.2 Å². The van der Waals surface area contributed by atoms with Crippen molar-refractivity contribution >= 4 is 18.5 Å². The summed E-state index contributed by atoms with van der Waals surface area (Å²) in [7, 11) is 0. The van der Waals surface area contributed by atoms with E-state index in [9.17, 15) is 4.79 Å². The van der Waals surface area contributed by atoms with Gasteiger partial charge in [-0.3, -0.25) is 9.69 Å². The highest BCUT2D eigenvalue weighted by Gasteiger charge is 2.22. The van der Waals surface area contributed by atoms with E-state index >= 15 is 0 Å². The first-order chi connectivity index (χ1) is 6.77. The lowest BCUT2D eigenvalue weighted by Gasteiger charge is -2.22. The van der Waals surface area contributed by atoms with Gasteiger partial charge in [0.2, 0.25) is 5.91 Å². The third-order valence-electron chi connectivity index (χ3n) is 2.78. The van der Waals surface area contributed by atoms with Crippen LogP contribution in [-0.4, -0.2) is 42.2 Å². The number of likely N-dealkylation sites (tertiary alicyclic amines) is 1. The van der Waals surface area contributed by atoms with Crippen molar-refractivity contribution in [1.29, 1.82) is 0 Å². The van der Waals surface area contributed by atoms with E-state index in [1.54, 1.807) is 0 Å². The lowest BCUT2D eigenvalue weighted by Crippen LogP contribution is -2.40. The smallest absolute Gasteiger partial charge is 0.220 e. The summed E-state index contributed by atoms with van der Waals surface area (Å²) in [6, 6.07) is 0.559. The third-order valence-corrected chi connectivity index (χ3v) is 3.00. The van der Waals surface area contributed by atoms with E-state index in [0.717, 1.165) is 13.1 Å². The molecule has 4 heteroatoms. The average molecular weight is 216 g/mol. The molecular weight excluding hydrogens is 196 g/mol. The van der Waals surface area contributed by atoms with Gasteiger partial charge in [-0.25, -0.2) is 0 Å². The number of likely N-dealkylation sites (N-methyl/N-ethyl adjacent to an activating group) is 1. The molecule has 0 aromatic rings. The van der Waals surface area contributed by atoms with Crippen LogP contribution in [0.5, 0.6) is 0 Å². The highest BCUT2D eigenvalue weighted by molar-refractivity contribution is 7.80. The van der Waals surface area contributed by atoms with Crippen LogP contribution in [-0.2, 0) is 4.79 Å². The van der Waals surface area contributed by atoms with Gasteiger partial charge in [0.1, 0.15) is 0 Å². The number of carbonyl (C=O) groups excluding carboxylic acids is 1. The number of nitrogens with zero attached hydrogens (tertiary/aromatic N) is 1. The van der Waals surface area contributed by atoms with E-state index in [1.165, 1.54) is 19.4 Å². The summed E-state index contributed by atoms with van der Waals surface area (Å²) in [5, 5.41) is 2.96. The van der Waals surface area contributed by atoms with Gasteiger partial charge in [0.15, 0.2) is 0 Å². The van der Waals surface area contributed by atoms with E-state index in [2.05, 4.69) is 29.8 Å². The van der Waals surface area contributed by atoms with Crippen molar-refractivity contribution < 1.29 is 4.79 Å². The summed E-state index contributed by atoms with van der Waals surface area (Å²) in [5.41, 5.74) is 0. The molecule has 1 unspecified atom stereocenters. The SMILES string of the molecule is CCN1CCCC1CNC(=O)CCS. The lowest BCUT2D eigenvalue weighted by atomic mass is 10.2. The molecule has 82 valence electrons. The maximum Gasteiger partial charge on any atom is 0.220 e. The molecule has 1 fully saturated rings. The van der Waals surface area contributed by atoms with Crippen molar-refractivity contribution in [2.24, 2.45) is 0 Å². The second kappa shape index (κ2) is 6.30. The monoisotopic (exact) mass is 216 g/mol. The molecule has 14 heavy (non-hydrogen) atoms. The van der Waals surface area contributed by atoms with E-state index in [4.69, 9.17) is 0 Å². The first-order valence-corrected chi connectivity index (χ1v) is 6.02. The molecule has 1 saturated heterocycles. The molecule has 0 radical (unpaired) electrons. The Balaban J connectivity index is 2.20. The number of rotatable bonds is 5. The minimum Gasteiger partial charge on any atom is -0.355 e. The zero-order valence-corrected chi connectivity index (χ0v) is 9.72. The van der Waals surface area contributed by atoms with Gasteiger partial charge in [0.25, 0.3) is 0 Å². The Labute approximate surface area is 91.6 Å².